The quantitative estimate of drug-likeness (QED) is 0.706. The zero-order chi connectivity index (χ0) is 15.4. The molecule has 0 unspecified atom stereocenters. The number of rotatable bonds is 6. The first-order valence-corrected chi connectivity index (χ1v) is 8.82. The largest absolute Gasteiger partial charge is 0.294 e. The maximum atomic E-state index is 2.77. The second-order valence-electron chi connectivity index (χ2n) is 7.69. The Balaban J connectivity index is 3.00. The molecule has 0 aliphatic heterocycles. The fourth-order valence-electron chi connectivity index (χ4n) is 4.51. The Morgan fingerprint density at radius 2 is 0.800 bits per heavy atom. The fraction of sp³-hybridized carbons (Fsp3) is 1.00. The van der Waals surface area contributed by atoms with E-state index >= 15 is 0 Å². The van der Waals surface area contributed by atoms with E-state index < -0.39 is 0 Å². The standard InChI is InChI=1S/C18H38N2/c1-13(2)19(14(3)4)17-11-9-10-12-18(17)20(15(5)6)16(7)8/h13-18H,9-12H2,1-8H3/t17-,18+. The second-order valence-corrected chi connectivity index (χ2v) is 7.69. The molecule has 20 heavy (non-hydrogen) atoms. The third kappa shape index (κ3) is 4.21. The summed E-state index contributed by atoms with van der Waals surface area (Å²) in [6, 6.07) is 4.02. The molecule has 0 spiro atoms. The number of hydrogen-bond acceptors (Lipinski definition) is 2. The van der Waals surface area contributed by atoms with Crippen molar-refractivity contribution in [3.8, 4) is 0 Å². The second kappa shape index (κ2) is 7.79. The normalized spacial score (nSPS) is 24.9. The first-order valence-electron chi connectivity index (χ1n) is 8.82. The summed E-state index contributed by atoms with van der Waals surface area (Å²) in [6.45, 7) is 18.9. The van der Waals surface area contributed by atoms with Gasteiger partial charge in [0.05, 0.1) is 0 Å². The molecule has 1 fully saturated rings. The minimum Gasteiger partial charge on any atom is -0.294 e. The van der Waals surface area contributed by atoms with Crippen LogP contribution < -0.4 is 0 Å². The summed E-state index contributed by atoms with van der Waals surface area (Å²) in [5.41, 5.74) is 0. The van der Waals surface area contributed by atoms with Gasteiger partial charge < -0.3 is 0 Å². The zero-order valence-electron chi connectivity index (χ0n) is 15.2. The van der Waals surface area contributed by atoms with Crippen LogP contribution in [-0.4, -0.2) is 46.1 Å². The molecule has 2 atom stereocenters. The molecule has 1 aliphatic carbocycles. The minimum absolute atomic E-state index is 0.641. The van der Waals surface area contributed by atoms with Gasteiger partial charge in [-0.05, 0) is 68.2 Å². The lowest BCUT2D eigenvalue weighted by Gasteiger charge is -2.50. The third-order valence-corrected chi connectivity index (χ3v) is 4.84. The van der Waals surface area contributed by atoms with Gasteiger partial charge in [-0.2, -0.15) is 0 Å². The topological polar surface area (TPSA) is 6.48 Å². The van der Waals surface area contributed by atoms with Crippen molar-refractivity contribution in [1.82, 2.24) is 9.80 Å². The van der Waals surface area contributed by atoms with Crippen molar-refractivity contribution in [2.75, 3.05) is 0 Å². The van der Waals surface area contributed by atoms with Crippen molar-refractivity contribution in [3.63, 3.8) is 0 Å². The summed E-state index contributed by atoms with van der Waals surface area (Å²) in [7, 11) is 0. The van der Waals surface area contributed by atoms with Crippen LogP contribution in [0.15, 0.2) is 0 Å². The Morgan fingerprint density at radius 3 is 1.00 bits per heavy atom. The molecule has 0 bridgehead atoms. The van der Waals surface area contributed by atoms with Crippen molar-refractivity contribution >= 4 is 0 Å². The van der Waals surface area contributed by atoms with Gasteiger partial charge >= 0.3 is 0 Å². The van der Waals surface area contributed by atoms with E-state index in [2.05, 4.69) is 65.2 Å². The van der Waals surface area contributed by atoms with Crippen molar-refractivity contribution < 1.29 is 0 Å². The van der Waals surface area contributed by atoms with E-state index in [0.717, 1.165) is 12.1 Å². The molecule has 1 rings (SSSR count). The van der Waals surface area contributed by atoms with Gasteiger partial charge in [-0.15, -0.1) is 0 Å². The summed E-state index contributed by atoms with van der Waals surface area (Å²) >= 11 is 0. The molecule has 0 aromatic heterocycles. The highest BCUT2D eigenvalue weighted by molar-refractivity contribution is 4.94. The van der Waals surface area contributed by atoms with Crippen LogP contribution in [0.5, 0.6) is 0 Å². The molecule has 0 radical (unpaired) electrons. The molecule has 0 heterocycles. The molecule has 1 saturated carbocycles. The van der Waals surface area contributed by atoms with E-state index in [4.69, 9.17) is 0 Å². The minimum atomic E-state index is 0.641. The van der Waals surface area contributed by atoms with Crippen LogP contribution in [0.2, 0.25) is 0 Å². The van der Waals surface area contributed by atoms with Gasteiger partial charge in [0.15, 0.2) is 0 Å². The summed E-state index contributed by atoms with van der Waals surface area (Å²) in [5, 5.41) is 0. The van der Waals surface area contributed by atoms with Crippen molar-refractivity contribution in [2.45, 2.75) is 117 Å². The van der Waals surface area contributed by atoms with Crippen LogP contribution in [0.1, 0.15) is 81.1 Å². The summed E-state index contributed by atoms with van der Waals surface area (Å²) in [4.78, 5) is 5.53. The molecule has 2 heteroatoms. The molecule has 0 saturated heterocycles. The van der Waals surface area contributed by atoms with Crippen LogP contribution >= 0.6 is 0 Å². The van der Waals surface area contributed by atoms with Gasteiger partial charge in [0.2, 0.25) is 0 Å². The van der Waals surface area contributed by atoms with Crippen molar-refractivity contribution in [3.05, 3.63) is 0 Å². The van der Waals surface area contributed by atoms with E-state index in [1.807, 2.05) is 0 Å². The average Bonchev–Trinajstić information content (AvgIpc) is 2.29. The summed E-state index contributed by atoms with van der Waals surface area (Å²) in [6.07, 6.45) is 5.55. The maximum Gasteiger partial charge on any atom is 0.0257 e. The Morgan fingerprint density at radius 1 is 0.550 bits per heavy atom. The zero-order valence-corrected chi connectivity index (χ0v) is 15.2. The van der Waals surface area contributed by atoms with Crippen molar-refractivity contribution in [2.24, 2.45) is 0 Å². The first-order chi connectivity index (χ1) is 9.27. The predicted molar refractivity (Wildman–Crippen MR) is 90.3 cm³/mol. The first kappa shape index (κ1) is 18.0. The molecule has 120 valence electrons. The highest BCUT2D eigenvalue weighted by Gasteiger charge is 2.37. The number of hydrogen-bond donors (Lipinski definition) is 0. The van der Waals surface area contributed by atoms with Crippen LogP contribution in [-0.2, 0) is 0 Å². The van der Waals surface area contributed by atoms with Crippen LogP contribution in [0.4, 0.5) is 0 Å². The van der Waals surface area contributed by atoms with Gasteiger partial charge in [-0.1, -0.05) is 12.8 Å². The molecular formula is C18H38N2. The molecule has 1 aliphatic rings. The van der Waals surface area contributed by atoms with E-state index in [9.17, 15) is 0 Å². The van der Waals surface area contributed by atoms with E-state index in [0.29, 0.717) is 24.2 Å². The summed E-state index contributed by atoms with van der Waals surface area (Å²) in [5.74, 6) is 0. The molecular weight excluding hydrogens is 244 g/mol. The summed E-state index contributed by atoms with van der Waals surface area (Å²) < 4.78 is 0. The molecule has 0 N–H and O–H groups in total. The SMILES string of the molecule is CC(C)N(C(C)C)[C@@H]1CCCC[C@@H]1N(C(C)C)C(C)C. The Labute approximate surface area is 127 Å². The monoisotopic (exact) mass is 282 g/mol. The van der Waals surface area contributed by atoms with Gasteiger partial charge in [0, 0.05) is 36.3 Å². The molecule has 0 aromatic rings. The predicted octanol–water partition coefficient (Wildman–Crippen LogP) is 4.54. The number of nitrogens with zero attached hydrogens (tertiary/aromatic N) is 2. The lowest BCUT2D eigenvalue weighted by Crippen LogP contribution is -2.60. The lowest BCUT2D eigenvalue weighted by atomic mass is 9.85. The van der Waals surface area contributed by atoms with Crippen LogP contribution in [0, 0.1) is 0 Å². The van der Waals surface area contributed by atoms with Gasteiger partial charge in [0.25, 0.3) is 0 Å². The van der Waals surface area contributed by atoms with Crippen LogP contribution in [0.25, 0.3) is 0 Å². The van der Waals surface area contributed by atoms with E-state index in [1.54, 1.807) is 0 Å². The smallest absolute Gasteiger partial charge is 0.0257 e. The van der Waals surface area contributed by atoms with Crippen LogP contribution in [0.3, 0.4) is 0 Å². The molecule has 0 aromatic carbocycles. The van der Waals surface area contributed by atoms with Crippen molar-refractivity contribution in [1.29, 1.82) is 0 Å². The maximum absolute atomic E-state index is 2.77. The fourth-order valence-corrected chi connectivity index (χ4v) is 4.51. The third-order valence-electron chi connectivity index (χ3n) is 4.84. The Bertz CT molecular complexity index is 227. The van der Waals surface area contributed by atoms with E-state index in [-0.39, 0.29) is 0 Å². The molecule has 0 amide bonds. The lowest BCUT2D eigenvalue weighted by molar-refractivity contribution is -0.0130. The molecule has 2 nitrogen and oxygen atoms in total. The highest BCUT2D eigenvalue weighted by atomic mass is 15.3. The Kier molecular flexibility index (Phi) is 7.00. The van der Waals surface area contributed by atoms with Gasteiger partial charge in [0.1, 0.15) is 0 Å². The van der Waals surface area contributed by atoms with Gasteiger partial charge in [-0.3, -0.25) is 9.80 Å². The van der Waals surface area contributed by atoms with Gasteiger partial charge in [-0.25, -0.2) is 0 Å². The highest BCUT2D eigenvalue weighted by Crippen LogP contribution is 2.32. The average molecular weight is 283 g/mol. The Hall–Kier alpha value is -0.0800. The van der Waals surface area contributed by atoms with E-state index in [1.165, 1.54) is 25.7 Å².